The number of ether oxygens (including phenoxy) is 1. The molecular weight excluding hydrogens is 288 g/mol. The molecule has 0 aliphatic carbocycles. The van der Waals surface area contributed by atoms with Crippen LogP contribution in [0.15, 0.2) is 48.5 Å². The van der Waals surface area contributed by atoms with Gasteiger partial charge in [0.2, 0.25) is 0 Å². The Morgan fingerprint density at radius 3 is 2.57 bits per heavy atom. The minimum Gasteiger partial charge on any atom is -0.492 e. The Balaban J connectivity index is 1.78. The first-order chi connectivity index (χ1) is 11.1. The minimum atomic E-state index is -0.0588. The molecule has 0 aromatic heterocycles. The number of amides is 1. The van der Waals surface area contributed by atoms with Crippen LogP contribution in [0.1, 0.15) is 21.5 Å². The van der Waals surface area contributed by atoms with Crippen LogP contribution in [0, 0.1) is 6.92 Å². The normalized spacial score (nSPS) is 10.6. The quantitative estimate of drug-likeness (QED) is 0.855. The number of likely N-dealkylation sites (N-methyl/N-ethyl adjacent to an activating group) is 1. The monoisotopic (exact) mass is 312 g/mol. The first-order valence-corrected chi connectivity index (χ1v) is 7.77. The molecule has 0 saturated heterocycles. The molecule has 2 aromatic carbocycles. The van der Waals surface area contributed by atoms with E-state index in [1.54, 1.807) is 7.05 Å². The van der Waals surface area contributed by atoms with E-state index in [2.05, 4.69) is 30.3 Å². The fourth-order valence-corrected chi connectivity index (χ4v) is 2.32. The second-order valence-electron chi connectivity index (χ2n) is 5.68. The molecule has 0 fully saturated rings. The Bertz CT molecular complexity index is 638. The molecule has 0 heterocycles. The van der Waals surface area contributed by atoms with E-state index < -0.39 is 0 Å². The first kappa shape index (κ1) is 17.0. The molecule has 2 rings (SSSR count). The van der Waals surface area contributed by atoms with Crippen LogP contribution in [0.25, 0.3) is 0 Å². The summed E-state index contributed by atoms with van der Waals surface area (Å²) in [5.74, 6) is 0.852. The third-order valence-corrected chi connectivity index (χ3v) is 3.63. The Kier molecular flexibility index (Phi) is 6.18. The average molecular weight is 312 g/mol. The van der Waals surface area contributed by atoms with Gasteiger partial charge in [-0.05, 0) is 49.4 Å². The lowest BCUT2D eigenvalue weighted by Gasteiger charge is -2.17. The summed E-state index contributed by atoms with van der Waals surface area (Å²) in [4.78, 5) is 13.7. The van der Waals surface area contributed by atoms with Gasteiger partial charge in [0.05, 0.1) is 0 Å². The Morgan fingerprint density at radius 1 is 1.17 bits per heavy atom. The van der Waals surface area contributed by atoms with Crippen molar-refractivity contribution in [3.63, 3.8) is 0 Å². The largest absolute Gasteiger partial charge is 0.492 e. The van der Waals surface area contributed by atoms with E-state index in [1.807, 2.05) is 42.5 Å². The van der Waals surface area contributed by atoms with E-state index >= 15 is 0 Å². The van der Waals surface area contributed by atoms with Crippen LogP contribution in [0.2, 0.25) is 0 Å². The van der Waals surface area contributed by atoms with Crippen molar-refractivity contribution in [2.24, 2.45) is 0 Å². The van der Waals surface area contributed by atoms with Crippen LogP contribution in [0.4, 0.5) is 0 Å². The van der Waals surface area contributed by atoms with Gasteiger partial charge in [-0.2, -0.15) is 0 Å². The van der Waals surface area contributed by atoms with E-state index in [0.29, 0.717) is 12.2 Å². The molecule has 0 aliphatic rings. The van der Waals surface area contributed by atoms with Crippen molar-refractivity contribution in [1.82, 2.24) is 10.2 Å². The van der Waals surface area contributed by atoms with E-state index in [1.165, 1.54) is 11.1 Å². The Labute approximate surface area is 138 Å². The summed E-state index contributed by atoms with van der Waals surface area (Å²) in [7, 11) is 3.70. The van der Waals surface area contributed by atoms with Gasteiger partial charge in [-0.1, -0.05) is 24.3 Å². The lowest BCUT2D eigenvalue weighted by molar-refractivity contribution is 0.0963. The second-order valence-corrected chi connectivity index (χ2v) is 5.68. The molecule has 1 N–H and O–H groups in total. The van der Waals surface area contributed by atoms with Crippen molar-refractivity contribution in [2.45, 2.75) is 13.5 Å². The summed E-state index contributed by atoms with van der Waals surface area (Å²) in [6.07, 6.45) is 0. The van der Waals surface area contributed by atoms with E-state index in [0.717, 1.165) is 18.8 Å². The van der Waals surface area contributed by atoms with Gasteiger partial charge in [-0.15, -0.1) is 0 Å². The number of aryl methyl sites for hydroxylation is 1. The van der Waals surface area contributed by atoms with Gasteiger partial charge in [0.15, 0.2) is 0 Å². The number of hydrogen-bond acceptors (Lipinski definition) is 3. The molecule has 4 heteroatoms. The van der Waals surface area contributed by atoms with Crippen molar-refractivity contribution in [3.8, 4) is 5.75 Å². The number of benzene rings is 2. The van der Waals surface area contributed by atoms with Crippen LogP contribution in [-0.4, -0.2) is 38.1 Å². The summed E-state index contributed by atoms with van der Waals surface area (Å²) in [5.41, 5.74) is 3.06. The number of rotatable bonds is 7. The maximum Gasteiger partial charge on any atom is 0.251 e. The smallest absolute Gasteiger partial charge is 0.251 e. The van der Waals surface area contributed by atoms with Crippen molar-refractivity contribution in [2.75, 3.05) is 27.2 Å². The molecule has 0 radical (unpaired) electrons. The molecule has 1 amide bonds. The topological polar surface area (TPSA) is 41.6 Å². The zero-order chi connectivity index (χ0) is 16.7. The maximum atomic E-state index is 11.5. The zero-order valence-electron chi connectivity index (χ0n) is 14.0. The Morgan fingerprint density at radius 2 is 1.91 bits per heavy atom. The molecular formula is C19H24N2O2. The summed E-state index contributed by atoms with van der Waals surface area (Å²) < 4.78 is 5.77. The van der Waals surface area contributed by atoms with Crippen LogP contribution >= 0.6 is 0 Å². The lowest BCUT2D eigenvalue weighted by Crippen LogP contribution is -2.24. The highest BCUT2D eigenvalue weighted by atomic mass is 16.5. The van der Waals surface area contributed by atoms with Gasteiger partial charge in [-0.25, -0.2) is 0 Å². The van der Waals surface area contributed by atoms with Crippen LogP contribution in [-0.2, 0) is 6.54 Å². The predicted octanol–water partition coefficient (Wildman–Crippen LogP) is 2.87. The highest BCUT2D eigenvalue weighted by molar-refractivity contribution is 5.93. The van der Waals surface area contributed by atoms with Crippen LogP contribution < -0.4 is 10.1 Å². The number of carbonyl (C=O) groups is 1. The molecule has 0 atom stereocenters. The van der Waals surface area contributed by atoms with Crippen molar-refractivity contribution >= 4 is 5.91 Å². The number of carbonyl (C=O) groups excluding carboxylic acids is 1. The third-order valence-electron chi connectivity index (χ3n) is 3.63. The molecule has 0 aliphatic heterocycles. The van der Waals surface area contributed by atoms with E-state index in [4.69, 9.17) is 4.74 Å². The molecule has 23 heavy (non-hydrogen) atoms. The average Bonchev–Trinajstić information content (AvgIpc) is 2.55. The highest BCUT2D eigenvalue weighted by Gasteiger charge is 2.04. The van der Waals surface area contributed by atoms with E-state index in [-0.39, 0.29) is 5.91 Å². The van der Waals surface area contributed by atoms with Crippen molar-refractivity contribution in [3.05, 3.63) is 65.2 Å². The molecule has 0 saturated carbocycles. The molecule has 122 valence electrons. The lowest BCUT2D eigenvalue weighted by atomic mass is 10.1. The summed E-state index contributed by atoms with van der Waals surface area (Å²) in [5, 5.41) is 2.62. The van der Waals surface area contributed by atoms with Gasteiger partial charge in [0.1, 0.15) is 12.4 Å². The van der Waals surface area contributed by atoms with Gasteiger partial charge in [0, 0.05) is 25.7 Å². The maximum absolute atomic E-state index is 11.5. The van der Waals surface area contributed by atoms with Gasteiger partial charge >= 0.3 is 0 Å². The van der Waals surface area contributed by atoms with Crippen LogP contribution in [0.3, 0.4) is 0 Å². The molecule has 4 nitrogen and oxygen atoms in total. The number of hydrogen-bond donors (Lipinski definition) is 1. The van der Waals surface area contributed by atoms with Crippen molar-refractivity contribution < 1.29 is 9.53 Å². The van der Waals surface area contributed by atoms with Gasteiger partial charge in [-0.3, -0.25) is 9.69 Å². The Hall–Kier alpha value is -2.33. The number of nitrogens with one attached hydrogen (secondary N) is 1. The second kappa shape index (κ2) is 8.34. The molecule has 2 aromatic rings. The fourth-order valence-electron chi connectivity index (χ4n) is 2.32. The zero-order valence-corrected chi connectivity index (χ0v) is 14.0. The first-order valence-electron chi connectivity index (χ1n) is 7.77. The van der Waals surface area contributed by atoms with Gasteiger partial charge < -0.3 is 10.1 Å². The summed E-state index contributed by atoms with van der Waals surface area (Å²) in [6.45, 7) is 4.37. The van der Waals surface area contributed by atoms with Crippen LogP contribution in [0.5, 0.6) is 5.75 Å². The third kappa shape index (κ3) is 5.42. The predicted molar refractivity (Wildman–Crippen MR) is 92.8 cm³/mol. The molecule has 0 spiro atoms. The SMILES string of the molecule is CNC(=O)c1ccc(CN(C)CCOc2cccc(C)c2)cc1. The number of nitrogens with zero attached hydrogens (tertiary/aromatic N) is 1. The van der Waals surface area contributed by atoms with Crippen molar-refractivity contribution in [1.29, 1.82) is 0 Å². The molecule has 0 bridgehead atoms. The summed E-state index contributed by atoms with van der Waals surface area (Å²) in [6, 6.07) is 15.8. The summed E-state index contributed by atoms with van der Waals surface area (Å²) >= 11 is 0. The van der Waals surface area contributed by atoms with E-state index in [9.17, 15) is 4.79 Å². The highest BCUT2D eigenvalue weighted by Crippen LogP contribution is 2.12. The minimum absolute atomic E-state index is 0.0588. The molecule has 0 unspecified atom stereocenters. The standard InChI is InChI=1S/C19H24N2O2/c1-15-5-4-6-18(13-15)23-12-11-21(3)14-16-7-9-17(10-8-16)19(22)20-2/h4-10,13H,11-12,14H2,1-3H3,(H,20,22). The van der Waals surface area contributed by atoms with Gasteiger partial charge in [0.25, 0.3) is 5.91 Å². The fraction of sp³-hybridized carbons (Fsp3) is 0.316.